The quantitative estimate of drug-likeness (QED) is 0.166. The van der Waals surface area contributed by atoms with Crippen molar-refractivity contribution in [2.75, 3.05) is 138 Å². The molecule has 0 spiro atoms. The molecule has 0 saturated carbocycles. The average molecular weight is 651 g/mol. The van der Waals surface area contributed by atoms with Gasteiger partial charge >= 0.3 is 0 Å². The summed E-state index contributed by atoms with van der Waals surface area (Å²) in [6, 6.07) is 1.68. The lowest BCUT2D eigenvalue weighted by Crippen LogP contribution is -2.82. The Balaban J connectivity index is 0.000000169. The maximum Gasteiger partial charge on any atom is 0.208 e. The van der Waals surface area contributed by atoms with Gasteiger partial charge in [-0.1, -0.05) is 72.6 Å². The Bertz CT molecular complexity index is 838. The monoisotopic (exact) mass is 651 g/mol. The SMILES string of the molecule is CC(C)[N+]12CC[N+](C[N+]34CC[N+](C)(CC3)CC4)(CC1)CC2.CCCCCCCC(C)C.CCCC[N+]12CC[N+](C(C)C)(CC1)CC2. The van der Waals surface area contributed by atoms with Crippen LogP contribution >= 0.6 is 0 Å². The first-order chi connectivity index (χ1) is 21.8. The van der Waals surface area contributed by atoms with E-state index in [1.54, 1.807) is 0 Å². The molecule has 9 rings (SSSR count). The van der Waals surface area contributed by atoms with E-state index in [4.69, 9.17) is 0 Å². The Morgan fingerprint density at radius 3 is 1.15 bits per heavy atom. The smallest absolute Gasteiger partial charge is 0.208 e. The Labute approximate surface area is 289 Å². The molecule has 0 atom stereocenters. The van der Waals surface area contributed by atoms with E-state index in [2.05, 4.69) is 62.4 Å². The summed E-state index contributed by atoms with van der Waals surface area (Å²) in [6.07, 6.45) is 11.3. The molecule has 6 heteroatoms. The van der Waals surface area contributed by atoms with Gasteiger partial charge in [-0.15, -0.1) is 0 Å². The molecule has 0 aromatic rings. The third kappa shape index (κ3) is 9.30. The first kappa shape index (κ1) is 38.6. The summed E-state index contributed by atoms with van der Waals surface area (Å²) >= 11 is 0. The second kappa shape index (κ2) is 16.2. The third-order valence-electron chi connectivity index (χ3n) is 15.1. The summed E-state index contributed by atoms with van der Waals surface area (Å²) in [4.78, 5) is 0. The fourth-order valence-electron chi connectivity index (χ4n) is 10.4. The molecule has 6 nitrogen and oxygen atoms in total. The number of unbranched alkanes of at least 4 members (excludes halogenated alkanes) is 5. The van der Waals surface area contributed by atoms with Crippen LogP contribution in [0.25, 0.3) is 0 Å². The van der Waals surface area contributed by atoms with Crippen molar-refractivity contribution in [1.82, 2.24) is 0 Å². The molecule has 0 aromatic carbocycles. The minimum absolute atomic E-state index is 0.836. The van der Waals surface area contributed by atoms with Gasteiger partial charge in [0.05, 0.1) is 25.7 Å². The number of piperazine rings is 9. The van der Waals surface area contributed by atoms with E-state index in [1.807, 2.05) is 0 Å². The fraction of sp³-hybridized carbons (Fsp3) is 1.00. The molecule has 0 aliphatic carbocycles. The Kier molecular flexibility index (Phi) is 13.6. The summed E-state index contributed by atoms with van der Waals surface area (Å²) in [5.41, 5.74) is 0. The summed E-state index contributed by atoms with van der Waals surface area (Å²) in [7, 11) is 2.48. The normalized spacial score (nSPS) is 39.4. The number of nitrogens with zero attached hydrogens (tertiary/aromatic N) is 6. The van der Waals surface area contributed by atoms with Crippen molar-refractivity contribution in [2.45, 2.75) is 119 Å². The Morgan fingerprint density at radius 2 is 0.783 bits per heavy atom. The first-order valence-corrected chi connectivity index (χ1v) is 20.9. The molecule has 9 aliphatic heterocycles. The molecule has 0 aromatic heterocycles. The maximum atomic E-state index is 2.48. The molecule has 6 bridgehead atoms. The molecule has 9 heterocycles. The molecule has 0 unspecified atom stereocenters. The lowest BCUT2D eigenvalue weighted by Gasteiger charge is -2.61. The van der Waals surface area contributed by atoms with Gasteiger partial charge < -0.3 is 17.9 Å². The molecule has 0 amide bonds. The van der Waals surface area contributed by atoms with Crippen LogP contribution in [0.5, 0.6) is 0 Å². The second-order valence-electron chi connectivity index (χ2n) is 19.1. The van der Waals surface area contributed by atoms with Crippen molar-refractivity contribution < 1.29 is 26.9 Å². The van der Waals surface area contributed by atoms with Gasteiger partial charge in [-0.25, -0.2) is 0 Å². The van der Waals surface area contributed by atoms with E-state index < -0.39 is 0 Å². The van der Waals surface area contributed by atoms with Crippen LogP contribution in [0.3, 0.4) is 0 Å². The minimum atomic E-state index is 0.836. The molecule has 9 saturated heterocycles. The highest BCUT2D eigenvalue weighted by Crippen LogP contribution is 2.34. The van der Waals surface area contributed by atoms with Gasteiger partial charge in [0.25, 0.3) is 0 Å². The van der Waals surface area contributed by atoms with E-state index in [-0.39, 0.29) is 0 Å². The van der Waals surface area contributed by atoms with E-state index in [1.165, 1.54) is 209 Å². The first-order valence-electron chi connectivity index (χ1n) is 20.9. The number of fused-ring (bicyclic) bond motifs is 9. The van der Waals surface area contributed by atoms with E-state index in [9.17, 15) is 0 Å². The largest absolute Gasteiger partial charge is 0.312 e. The molecular formula is C40H86N6+6. The van der Waals surface area contributed by atoms with Crippen molar-refractivity contribution in [2.24, 2.45) is 5.92 Å². The van der Waals surface area contributed by atoms with E-state index in [0.29, 0.717) is 0 Å². The van der Waals surface area contributed by atoms with Crippen LogP contribution in [0, 0.1) is 5.92 Å². The zero-order valence-corrected chi connectivity index (χ0v) is 33.2. The van der Waals surface area contributed by atoms with Crippen molar-refractivity contribution in [3.63, 3.8) is 0 Å². The number of quaternary nitrogens is 6. The van der Waals surface area contributed by atoms with Crippen molar-refractivity contribution in [1.29, 1.82) is 0 Å². The second-order valence-corrected chi connectivity index (χ2v) is 19.1. The molecular weight excluding hydrogens is 564 g/mol. The zero-order valence-electron chi connectivity index (χ0n) is 33.2. The summed E-state index contributed by atoms with van der Waals surface area (Å²) in [5.74, 6) is 0.904. The van der Waals surface area contributed by atoms with E-state index in [0.717, 1.165) is 18.0 Å². The summed E-state index contributed by atoms with van der Waals surface area (Å²) in [5, 5.41) is 0. The molecule has 9 aliphatic rings. The van der Waals surface area contributed by atoms with Crippen molar-refractivity contribution in [3.8, 4) is 0 Å². The zero-order chi connectivity index (χ0) is 33.5. The number of likely N-dealkylation sites (N-methyl/N-ethyl adjacent to an activating group) is 1. The molecule has 270 valence electrons. The number of hydrogen-bond acceptors (Lipinski definition) is 0. The summed E-state index contributed by atoms with van der Waals surface area (Å²) in [6.45, 7) is 48.0. The van der Waals surface area contributed by atoms with Crippen LogP contribution in [0.4, 0.5) is 0 Å². The average Bonchev–Trinajstić information content (AvgIpc) is 3.06. The number of hydrogen-bond donors (Lipinski definition) is 0. The predicted octanol–water partition coefficient (Wildman–Crippen LogP) is 6.16. The van der Waals surface area contributed by atoms with Crippen LogP contribution in [0.2, 0.25) is 0 Å². The van der Waals surface area contributed by atoms with Gasteiger partial charge in [0.1, 0.15) is 118 Å². The van der Waals surface area contributed by atoms with Crippen molar-refractivity contribution >= 4 is 0 Å². The van der Waals surface area contributed by atoms with Crippen molar-refractivity contribution in [3.05, 3.63) is 0 Å². The highest BCUT2D eigenvalue weighted by atomic mass is 15.6. The van der Waals surface area contributed by atoms with Gasteiger partial charge in [0.2, 0.25) is 6.67 Å². The van der Waals surface area contributed by atoms with Gasteiger partial charge in [-0.2, -0.15) is 0 Å². The Morgan fingerprint density at radius 1 is 0.413 bits per heavy atom. The summed E-state index contributed by atoms with van der Waals surface area (Å²) < 4.78 is 8.61. The predicted molar refractivity (Wildman–Crippen MR) is 198 cm³/mol. The van der Waals surface area contributed by atoms with Crippen LogP contribution in [-0.2, 0) is 0 Å². The molecule has 46 heavy (non-hydrogen) atoms. The maximum absolute atomic E-state index is 2.48. The minimum Gasteiger partial charge on any atom is -0.312 e. The lowest BCUT2D eigenvalue weighted by molar-refractivity contribution is -1.18. The van der Waals surface area contributed by atoms with Crippen LogP contribution in [-0.4, -0.2) is 177 Å². The molecule has 9 fully saturated rings. The standard InChI is InChI=1S/C17H36N4.C13H28N2.C10H22/c1-17(2)21-13-10-20(11-14-21,12-15-21)16-19-7-4-18(3,5-8-19)6-9-19;1-4-5-6-14-7-10-15(11-8-14,12-9-14)13(2)3;1-4-5-6-7-8-9-10(2)3/h17H,4-16H2,1-3H3;13H,4-12H2,1-3H3;10H,4-9H2,1-3H3/q+4;+2;. The third-order valence-corrected chi connectivity index (χ3v) is 15.1. The van der Waals surface area contributed by atoms with Gasteiger partial charge in [0, 0.05) is 0 Å². The fourth-order valence-corrected chi connectivity index (χ4v) is 10.4. The highest BCUT2D eigenvalue weighted by Gasteiger charge is 2.57. The molecule has 0 radical (unpaired) electrons. The lowest BCUT2D eigenvalue weighted by atomic mass is 10.0. The molecule has 0 N–H and O–H groups in total. The van der Waals surface area contributed by atoms with Crippen LogP contribution < -0.4 is 0 Å². The highest BCUT2D eigenvalue weighted by molar-refractivity contribution is 4.66. The van der Waals surface area contributed by atoms with E-state index >= 15 is 0 Å². The van der Waals surface area contributed by atoms with Gasteiger partial charge in [-0.05, 0) is 40.0 Å². The van der Waals surface area contributed by atoms with Gasteiger partial charge in [-0.3, -0.25) is 8.97 Å². The topological polar surface area (TPSA) is 0 Å². The van der Waals surface area contributed by atoms with Crippen LogP contribution in [0.1, 0.15) is 107 Å². The van der Waals surface area contributed by atoms with Crippen LogP contribution in [0.15, 0.2) is 0 Å². The Hall–Kier alpha value is -0.240. The number of rotatable bonds is 13. The van der Waals surface area contributed by atoms with Gasteiger partial charge in [0.15, 0.2) is 0 Å².